The van der Waals surface area contributed by atoms with E-state index < -0.39 is 9.92 Å². The zero-order valence-corrected chi connectivity index (χ0v) is 8.95. The molecule has 0 saturated carbocycles. The molecule has 0 radical (unpaired) electrons. The van der Waals surface area contributed by atoms with Gasteiger partial charge in [-0.25, -0.2) is 0 Å². The molecule has 0 saturated heterocycles. The zero-order valence-electron chi connectivity index (χ0n) is 5.53. The van der Waals surface area contributed by atoms with Crippen molar-refractivity contribution in [3.05, 3.63) is 12.2 Å². The number of hydrogen-bond acceptors (Lipinski definition) is 3. The lowest BCUT2D eigenvalue weighted by Crippen LogP contribution is -2.34. The van der Waals surface area contributed by atoms with Gasteiger partial charge in [-0.2, -0.15) is 0 Å². The lowest BCUT2D eigenvalue weighted by atomic mass is 10.6. The first kappa shape index (κ1) is 7.38. The monoisotopic (exact) mass is 173 g/mol. The number of imide groups is 1. The van der Waals surface area contributed by atoms with Crippen LogP contribution in [0.4, 0.5) is 0 Å². The molecule has 6 heteroatoms. The predicted molar refractivity (Wildman–Crippen MR) is 40.6 cm³/mol. The van der Waals surface area contributed by atoms with Crippen LogP contribution in [-0.2, 0) is 13.7 Å². The van der Waals surface area contributed by atoms with Gasteiger partial charge in [-0.1, -0.05) is 0 Å². The number of carbonyl (C=O) groups is 2. The molecule has 4 nitrogen and oxygen atoms in total. The molecule has 0 aromatic rings. The van der Waals surface area contributed by atoms with E-state index in [0.717, 1.165) is 0 Å². The summed E-state index contributed by atoms with van der Waals surface area (Å²) in [5, 5.41) is 0. The summed E-state index contributed by atoms with van der Waals surface area (Å²) in [6, 6.07) is 0. The normalized spacial score (nSPS) is 18.6. The van der Waals surface area contributed by atoms with E-state index in [-0.39, 0.29) is 11.8 Å². The summed E-state index contributed by atoms with van der Waals surface area (Å²) in [4.78, 5) is 21.5. The van der Waals surface area contributed by atoms with Crippen LogP contribution in [0.5, 0.6) is 0 Å². The summed E-state index contributed by atoms with van der Waals surface area (Å²) in [6.45, 7) is 0. The second-order valence-electron chi connectivity index (χ2n) is 1.86. The lowest BCUT2D eigenvalue weighted by molar-refractivity contribution is -0.131. The topological polar surface area (TPSA) is 46.6 Å². The molecule has 1 heterocycles. The molecular weight excluding hydrogens is 166 g/mol. The van der Waals surface area contributed by atoms with E-state index in [1.807, 2.05) is 0 Å². The first-order valence-corrected chi connectivity index (χ1v) is 4.81. The summed E-state index contributed by atoms with van der Waals surface area (Å²) in [7, 11) is -0.469. The van der Waals surface area contributed by atoms with E-state index >= 15 is 0 Å². The van der Waals surface area contributed by atoms with Crippen LogP contribution >= 0.6 is 0 Å². The van der Waals surface area contributed by atoms with Gasteiger partial charge in [0.05, 0.1) is 0 Å². The Bertz CT molecular complexity index is 185. The Kier molecular flexibility index (Phi) is 2.14. The Labute approximate surface area is 63.4 Å². The van der Waals surface area contributed by atoms with Crippen LogP contribution in [0, 0.1) is 0 Å². The second kappa shape index (κ2) is 2.91. The standard InChI is InChI=1S/C4H7NO3Si2/c6-3-1-2-4(7)5(3)10-8-9/h1-2H,10H2,9H3. The highest BCUT2D eigenvalue weighted by atomic mass is 28.3. The molecule has 0 atom stereocenters. The van der Waals surface area contributed by atoms with Gasteiger partial charge in [0.25, 0.3) is 9.92 Å². The number of hydrogen-bond donors (Lipinski definition) is 0. The van der Waals surface area contributed by atoms with Crippen LogP contribution < -0.4 is 0 Å². The molecule has 0 fully saturated rings. The van der Waals surface area contributed by atoms with Crippen molar-refractivity contribution >= 4 is 32.2 Å². The molecule has 2 amide bonds. The second-order valence-corrected chi connectivity index (χ2v) is 5.06. The first-order chi connectivity index (χ1) is 4.75. The Morgan fingerprint density at radius 2 is 1.90 bits per heavy atom. The highest BCUT2D eigenvalue weighted by molar-refractivity contribution is 6.44. The third kappa shape index (κ3) is 1.23. The van der Waals surface area contributed by atoms with Crippen molar-refractivity contribution in [3.8, 4) is 0 Å². The highest BCUT2D eigenvalue weighted by Gasteiger charge is 2.22. The minimum absolute atomic E-state index is 0.229. The van der Waals surface area contributed by atoms with Crippen LogP contribution in [0.15, 0.2) is 12.2 Å². The fourth-order valence-corrected chi connectivity index (χ4v) is 2.19. The van der Waals surface area contributed by atoms with Gasteiger partial charge in [0, 0.05) is 12.2 Å². The molecule has 1 aliphatic rings. The van der Waals surface area contributed by atoms with E-state index in [9.17, 15) is 9.59 Å². The van der Waals surface area contributed by atoms with Crippen LogP contribution in [0.3, 0.4) is 0 Å². The number of carbonyl (C=O) groups excluding carboxylic acids is 2. The van der Waals surface area contributed by atoms with Crippen molar-refractivity contribution in [3.63, 3.8) is 0 Å². The van der Waals surface area contributed by atoms with Crippen molar-refractivity contribution in [2.24, 2.45) is 0 Å². The molecule has 1 aliphatic heterocycles. The highest BCUT2D eigenvalue weighted by Crippen LogP contribution is 2.00. The average Bonchev–Trinajstić information content (AvgIpc) is 2.20. The number of rotatable bonds is 2. The average molecular weight is 173 g/mol. The maximum Gasteiger partial charge on any atom is 0.267 e. The Balaban J connectivity index is 2.60. The van der Waals surface area contributed by atoms with Crippen molar-refractivity contribution in [2.75, 3.05) is 0 Å². The van der Waals surface area contributed by atoms with Gasteiger partial charge in [0.1, 0.15) is 10.5 Å². The molecule has 0 aromatic carbocycles. The summed E-state index contributed by atoms with van der Waals surface area (Å²) < 4.78 is 6.08. The van der Waals surface area contributed by atoms with Crippen molar-refractivity contribution < 1.29 is 13.7 Å². The summed E-state index contributed by atoms with van der Waals surface area (Å²) in [5.74, 6) is -0.458. The predicted octanol–water partition coefficient (Wildman–Crippen LogP) is -2.79. The molecule has 10 heavy (non-hydrogen) atoms. The molecule has 0 aliphatic carbocycles. The van der Waals surface area contributed by atoms with Crippen molar-refractivity contribution in [1.82, 2.24) is 4.57 Å². The first-order valence-electron chi connectivity index (χ1n) is 2.78. The maximum atomic E-state index is 10.8. The SMILES string of the molecule is O=C1C=CC(=O)N1[SiH2]O[SiH3]. The maximum absolute atomic E-state index is 10.8. The Morgan fingerprint density at radius 3 is 2.30 bits per heavy atom. The zero-order chi connectivity index (χ0) is 7.56. The fourth-order valence-electron chi connectivity index (χ4n) is 0.687. The molecule has 0 spiro atoms. The minimum Gasteiger partial charge on any atom is -0.453 e. The van der Waals surface area contributed by atoms with Gasteiger partial charge < -0.3 is 4.12 Å². The fraction of sp³-hybridized carbons (Fsp3) is 0. The van der Waals surface area contributed by atoms with Gasteiger partial charge in [-0.15, -0.1) is 0 Å². The van der Waals surface area contributed by atoms with E-state index in [1.165, 1.54) is 16.7 Å². The smallest absolute Gasteiger partial charge is 0.267 e. The van der Waals surface area contributed by atoms with E-state index in [4.69, 9.17) is 4.12 Å². The van der Waals surface area contributed by atoms with Gasteiger partial charge in [0.15, 0.2) is 0 Å². The summed E-state index contributed by atoms with van der Waals surface area (Å²) in [6.07, 6.45) is 2.55. The van der Waals surface area contributed by atoms with Gasteiger partial charge in [-0.3, -0.25) is 14.2 Å². The summed E-state index contributed by atoms with van der Waals surface area (Å²) in [5.41, 5.74) is 0. The Hall–Kier alpha value is -0.726. The largest absolute Gasteiger partial charge is 0.453 e. The number of nitrogens with zero attached hydrogens (tertiary/aromatic N) is 1. The van der Waals surface area contributed by atoms with Crippen molar-refractivity contribution in [1.29, 1.82) is 0 Å². The molecule has 1 rings (SSSR count). The third-order valence-electron chi connectivity index (χ3n) is 1.16. The molecule has 0 aromatic heterocycles. The third-order valence-corrected chi connectivity index (χ3v) is 3.07. The molecule has 0 bridgehead atoms. The van der Waals surface area contributed by atoms with Crippen LogP contribution in [-0.4, -0.2) is 36.8 Å². The minimum atomic E-state index is -1.06. The van der Waals surface area contributed by atoms with Gasteiger partial charge in [-0.05, 0) is 0 Å². The molecule has 0 unspecified atom stereocenters. The van der Waals surface area contributed by atoms with E-state index in [0.29, 0.717) is 10.5 Å². The van der Waals surface area contributed by atoms with Gasteiger partial charge >= 0.3 is 0 Å². The summed E-state index contributed by atoms with van der Waals surface area (Å²) >= 11 is 0. The quantitative estimate of drug-likeness (QED) is 0.335. The van der Waals surface area contributed by atoms with Crippen molar-refractivity contribution in [2.45, 2.75) is 0 Å². The van der Waals surface area contributed by atoms with E-state index in [1.54, 1.807) is 0 Å². The van der Waals surface area contributed by atoms with Crippen LogP contribution in [0.2, 0.25) is 0 Å². The van der Waals surface area contributed by atoms with E-state index in [2.05, 4.69) is 0 Å². The van der Waals surface area contributed by atoms with Gasteiger partial charge in [0.2, 0.25) is 11.8 Å². The lowest BCUT2D eigenvalue weighted by Gasteiger charge is -2.10. The molecule has 54 valence electrons. The van der Waals surface area contributed by atoms with Crippen LogP contribution in [0.25, 0.3) is 0 Å². The number of amides is 2. The van der Waals surface area contributed by atoms with Crippen LogP contribution in [0.1, 0.15) is 0 Å². The Morgan fingerprint density at radius 1 is 1.40 bits per heavy atom. The molecular formula is C4H7NO3Si2. The molecule has 0 N–H and O–H groups in total.